The topological polar surface area (TPSA) is 35.9 Å². The predicted molar refractivity (Wildman–Crippen MR) is 88.9 cm³/mol. The standard InChI is InChI=1S/C16H25BrN2O2/c1-18-6-7-19(2)14(11-18)10-15(20)9-12-8-13(17)4-5-16(12)21-3/h4-5,8,14-15,20H,6-7,9-11H2,1-3H3. The van der Waals surface area contributed by atoms with E-state index in [9.17, 15) is 5.11 Å². The summed E-state index contributed by atoms with van der Waals surface area (Å²) in [6.45, 7) is 3.18. The molecule has 0 amide bonds. The van der Waals surface area contributed by atoms with Crippen molar-refractivity contribution in [1.82, 2.24) is 9.80 Å². The number of nitrogens with zero attached hydrogens (tertiary/aromatic N) is 2. The highest BCUT2D eigenvalue weighted by Gasteiger charge is 2.25. The molecule has 1 aliphatic heterocycles. The zero-order chi connectivity index (χ0) is 15.4. The summed E-state index contributed by atoms with van der Waals surface area (Å²) >= 11 is 3.48. The number of methoxy groups -OCH3 is 1. The van der Waals surface area contributed by atoms with Crippen LogP contribution in [0.3, 0.4) is 0 Å². The molecule has 1 aromatic carbocycles. The highest BCUT2D eigenvalue weighted by atomic mass is 79.9. The van der Waals surface area contributed by atoms with Gasteiger partial charge in [-0.1, -0.05) is 15.9 Å². The van der Waals surface area contributed by atoms with E-state index in [1.54, 1.807) is 7.11 Å². The Labute approximate surface area is 135 Å². The fourth-order valence-electron chi connectivity index (χ4n) is 2.91. The zero-order valence-corrected chi connectivity index (χ0v) is 14.6. The summed E-state index contributed by atoms with van der Waals surface area (Å²) in [5.74, 6) is 0.839. The van der Waals surface area contributed by atoms with Gasteiger partial charge in [0.25, 0.3) is 0 Å². The van der Waals surface area contributed by atoms with Crippen LogP contribution in [-0.4, -0.2) is 67.9 Å². The van der Waals surface area contributed by atoms with Crippen molar-refractivity contribution in [3.8, 4) is 5.75 Å². The van der Waals surface area contributed by atoms with Crippen LogP contribution in [0.15, 0.2) is 22.7 Å². The molecule has 2 unspecified atom stereocenters. The first kappa shape index (κ1) is 16.7. The third kappa shape index (κ3) is 4.68. The molecule has 4 nitrogen and oxygen atoms in total. The number of aliphatic hydroxyl groups is 1. The summed E-state index contributed by atoms with van der Waals surface area (Å²) < 4.78 is 6.39. The van der Waals surface area contributed by atoms with Crippen LogP contribution in [0, 0.1) is 0 Å². The molecular weight excluding hydrogens is 332 g/mol. The van der Waals surface area contributed by atoms with E-state index < -0.39 is 0 Å². The molecule has 5 heteroatoms. The van der Waals surface area contributed by atoms with Gasteiger partial charge in [0.2, 0.25) is 0 Å². The van der Waals surface area contributed by atoms with E-state index in [4.69, 9.17) is 4.74 Å². The lowest BCUT2D eigenvalue weighted by atomic mass is 9.99. The largest absolute Gasteiger partial charge is 0.496 e. The number of hydrogen-bond donors (Lipinski definition) is 1. The van der Waals surface area contributed by atoms with Crippen LogP contribution in [0.4, 0.5) is 0 Å². The Hall–Kier alpha value is -0.620. The summed E-state index contributed by atoms with van der Waals surface area (Å²) in [4.78, 5) is 4.68. The van der Waals surface area contributed by atoms with Crippen LogP contribution < -0.4 is 4.74 Å². The van der Waals surface area contributed by atoms with E-state index in [2.05, 4.69) is 39.8 Å². The van der Waals surface area contributed by atoms with Crippen LogP contribution in [0.5, 0.6) is 5.75 Å². The van der Waals surface area contributed by atoms with E-state index >= 15 is 0 Å². The monoisotopic (exact) mass is 356 g/mol. The molecule has 0 aliphatic carbocycles. The Morgan fingerprint density at radius 2 is 2.14 bits per heavy atom. The first-order chi connectivity index (χ1) is 9.99. The summed E-state index contributed by atoms with van der Waals surface area (Å²) in [7, 11) is 5.96. The van der Waals surface area contributed by atoms with Gasteiger partial charge in [-0.3, -0.25) is 0 Å². The molecule has 1 fully saturated rings. The highest BCUT2D eigenvalue weighted by molar-refractivity contribution is 9.10. The molecular formula is C16H25BrN2O2. The molecule has 21 heavy (non-hydrogen) atoms. The van der Waals surface area contributed by atoms with Gasteiger partial charge >= 0.3 is 0 Å². The quantitative estimate of drug-likeness (QED) is 0.875. The van der Waals surface area contributed by atoms with Crippen molar-refractivity contribution >= 4 is 15.9 Å². The van der Waals surface area contributed by atoms with E-state index in [1.165, 1.54) is 0 Å². The minimum absolute atomic E-state index is 0.354. The van der Waals surface area contributed by atoms with Crippen LogP contribution in [0.2, 0.25) is 0 Å². The van der Waals surface area contributed by atoms with Crippen molar-refractivity contribution in [3.63, 3.8) is 0 Å². The molecule has 1 saturated heterocycles. The van der Waals surface area contributed by atoms with Gasteiger partial charge in [0, 0.05) is 36.6 Å². The molecule has 0 spiro atoms. The molecule has 0 aromatic heterocycles. The Morgan fingerprint density at radius 3 is 2.86 bits per heavy atom. The average molecular weight is 357 g/mol. The smallest absolute Gasteiger partial charge is 0.122 e. The van der Waals surface area contributed by atoms with Crippen LogP contribution >= 0.6 is 15.9 Å². The number of piperazine rings is 1. The van der Waals surface area contributed by atoms with Gasteiger partial charge in [0.1, 0.15) is 5.75 Å². The molecule has 2 atom stereocenters. The predicted octanol–water partition coefficient (Wildman–Crippen LogP) is 2.00. The lowest BCUT2D eigenvalue weighted by Gasteiger charge is -2.38. The third-order valence-corrected chi connectivity index (χ3v) is 4.72. The van der Waals surface area contributed by atoms with Crippen LogP contribution in [0.1, 0.15) is 12.0 Å². The van der Waals surface area contributed by atoms with E-state index in [0.717, 1.165) is 41.8 Å². The molecule has 1 aliphatic rings. The molecule has 0 saturated carbocycles. The molecule has 1 heterocycles. The van der Waals surface area contributed by atoms with Gasteiger partial charge in [-0.05, 0) is 44.3 Å². The number of ether oxygens (including phenoxy) is 1. The van der Waals surface area contributed by atoms with Crippen molar-refractivity contribution in [3.05, 3.63) is 28.2 Å². The van der Waals surface area contributed by atoms with Gasteiger partial charge < -0.3 is 19.6 Å². The van der Waals surface area contributed by atoms with Crippen LogP contribution in [0.25, 0.3) is 0 Å². The van der Waals surface area contributed by atoms with E-state index in [0.29, 0.717) is 12.5 Å². The van der Waals surface area contributed by atoms with Crippen molar-refractivity contribution in [2.75, 3.05) is 40.8 Å². The van der Waals surface area contributed by atoms with Gasteiger partial charge in [-0.15, -0.1) is 0 Å². The Balaban J connectivity index is 1.98. The molecule has 118 valence electrons. The van der Waals surface area contributed by atoms with Crippen molar-refractivity contribution in [1.29, 1.82) is 0 Å². The van der Waals surface area contributed by atoms with Gasteiger partial charge in [0.05, 0.1) is 13.2 Å². The summed E-state index contributed by atoms with van der Waals surface area (Å²) in [6, 6.07) is 6.33. The van der Waals surface area contributed by atoms with E-state index in [1.807, 2.05) is 18.2 Å². The number of aliphatic hydroxyl groups excluding tert-OH is 1. The number of halogens is 1. The second-order valence-electron chi connectivity index (χ2n) is 5.95. The summed E-state index contributed by atoms with van der Waals surface area (Å²) in [5.41, 5.74) is 1.05. The highest BCUT2D eigenvalue weighted by Crippen LogP contribution is 2.25. The lowest BCUT2D eigenvalue weighted by molar-refractivity contribution is 0.0636. The SMILES string of the molecule is COc1ccc(Br)cc1CC(O)CC1CN(C)CCN1C. The fourth-order valence-corrected chi connectivity index (χ4v) is 3.32. The van der Waals surface area contributed by atoms with Crippen molar-refractivity contribution < 1.29 is 9.84 Å². The maximum absolute atomic E-state index is 10.5. The molecule has 0 radical (unpaired) electrons. The first-order valence-electron chi connectivity index (χ1n) is 7.39. The normalized spacial score (nSPS) is 22.2. The minimum atomic E-state index is -0.354. The summed E-state index contributed by atoms with van der Waals surface area (Å²) in [5, 5.41) is 10.5. The Morgan fingerprint density at radius 1 is 1.38 bits per heavy atom. The van der Waals surface area contributed by atoms with Gasteiger partial charge in [-0.2, -0.15) is 0 Å². The molecule has 1 N–H and O–H groups in total. The second-order valence-corrected chi connectivity index (χ2v) is 6.86. The lowest BCUT2D eigenvalue weighted by Crippen LogP contribution is -2.51. The Kier molecular flexibility index (Phi) is 6.05. The zero-order valence-electron chi connectivity index (χ0n) is 13.1. The van der Waals surface area contributed by atoms with Crippen molar-refractivity contribution in [2.45, 2.75) is 25.0 Å². The van der Waals surface area contributed by atoms with Gasteiger partial charge in [0.15, 0.2) is 0 Å². The number of rotatable bonds is 5. The summed E-state index contributed by atoms with van der Waals surface area (Å²) in [6.07, 6.45) is 1.06. The van der Waals surface area contributed by atoms with Gasteiger partial charge in [-0.25, -0.2) is 0 Å². The number of likely N-dealkylation sites (N-methyl/N-ethyl adjacent to an activating group) is 2. The minimum Gasteiger partial charge on any atom is -0.496 e. The molecule has 0 bridgehead atoms. The molecule has 1 aromatic rings. The number of hydrogen-bond acceptors (Lipinski definition) is 4. The fraction of sp³-hybridized carbons (Fsp3) is 0.625. The maximum atomic E-state index is 10.5. The third-order valence-electron chi connectivity index (χ3n) is 4.22. The van der Waals surface area contributed by atoms with Crippen LogP contribution in [-0.2, 0) is 6.42 Å². The maximum Gasteiger partial charge on any atom is 0.122 e. The van der Waals surface area contributed by atoms with Crippen molar-refractivity contribution in [2.24, 2.45) is 0 Å². The van der Waals surface area contributed by atoms with E-state index in [-0.39, 0.29) is 6.10 Å². The number of benzene rings is 1. The molecule has 2 rings (SSSR count). The second kappa shape index (κ2) is 7.58. The average Bonchev–Trinajstić information content (AvgIpc) is 2.43. The first-order valence-corrected chi connectivity index (χ1v) is 8.18. The Bertz CT molecular complexity index is 470.